The van der Waals surface area contributed by atoms with Gasteiger partial charge < -0.3 is 14.7 Å². The van der Waals surface area contributed by atoms with Crippen molar-refractivity contribution in [3.63, 3.8) is 0 Å². The highest BCUT2D eigenvalue weighted by Crippen LogP contribution is 2.15. The number of hydrogen-bond donors (Lipinski definition) is 2. The van der Waals surface area contributed by atoms with Crippen LogP contribution in [0, 0.1) is 0 Å². The van der Waals surface area contributed by atoms with Gasteiger partial charge in [-0.2, -0.15) is 4.72 Å². The number of aliphatic carboxylic acids is 1. The number of rotatable bonds is 3. The summed E-state index contributed by atoms with van der Waals surface area (Å²) in [6.45, 7) is 0. The molecule has 7 nitrogen and oxygen atoms in total. The molecule has 0 aromatic heterocycles. The van der Waals surface area contributed by atoms with Gasteiger partial charge in [0.25, 0.3) is 0 Å². The zero-order valence-electron chi connectivity index (χ0n) is 7.59. The van der Waals surface area contributed by atoms with Crippen molar-refractivity contribution in [3.05, 3.63) is 12.0 Å². The van der Waals surface area contributed by atoms with Crippen LogP contribution in [0.15, 0.2) is 12.0 Å². The monoisotopic (exact) mass is 222 g/mol. The Morgan fingerprint density at radius 1 is 1.71 bits per heavy atom. The summed E-state index contributed by atoms with van der Waals surface area (Å²) in [5.74, 6) is -1.18. The lowest BCUT2D eigenvalue weighted by Gasteiger charge is -2.21. The minimum Gasteiger partial charge on any atom is -0.476 e. The van der Waals surface area contributed by atoms with E-state index in [2.05, 4.69) is 4.72 Å². The first-order chi connectivity index (χ1) is 6.31. The highest BCUT2D eigenvalue weighted by atomic mass is 32.2. The Bertz CT molecular complexity index is 374. The molecule has 0 fully saturated rings. The molecule has 0 amide bonds. The maximum absolute atomic E-state index is 10.8. The minimum atomic E-state index is -3.43. The predicted octanol–water partition coefficient (Wildman–Crippen LogP) is -1.29. The summed E-state index contributed by atoms with van der Waals surface area (Å²) in [5, 5.41) is 8.63. The van der Waals surface area contributed by atoms with E-state index in [1.165, 1.54) is 11.9 Å². The third-order valence-corrected chi connectivity index (χ3v) is 2.20. The van der Waals surface area contributed by atoms with Crippen molar-refractivity contribution in [2.75, 3.05) is 13.3 Å². The Morgan fingerprint density at radius 3 is 2.64 bits per heavy atom. The lowest BCUT2D eigenvalue weighted by atomic mass is 10.4. The molecule has 0 aromatic rings. The summed E-state index contributed by atoms with van der Waals surface area (Å²) in [6.07, 6.45) is 0.963. The number of sulfonamides is 1. The van der Waals surface area contributed by atoms with Crippen LogP contribution >= 0.6 is 0 Å². The molecule has 1 aliphatic heterocycles. The first-order valence-corrected chi connectivity index (χ1v) is 5.49. The van der Waals surface area contributed by atoms with Gasteiger partial charge in [0.15, 0.2) is 5.70 Å². The number of carboxylic acids is 1. The molecular weight excluding hydrogens is 212 g/mol. The number of nitrogens with one attached hydrogen (secondary N) is 1. The van der Waals surface area contributed by atoms with Crippen molar-refractivity contribution < 1.29 is 23.1 Å². The van der Waals surface area contributed by atoms with E-state index in [1.54, 1.807) is 0 Å². The molecule has 14 heavy (non-hydrogen) atoms. The third kappa shape index (κ3) is 2.36. The molecule has 1 rings (SSSR count). The second-order valence-corrected chi connectivity index (χ2v) is 4.58. The second-order valence-electron chi connectivity index (χ2n) is 2.80. The Balaban J connectivity index is 2.70. The Labute approximate surface area is 81.0 Å². The molecule has 1 aliphatic rings. The molecule has 8 heteroatoms. The molecule has 1 atom stereocenters. The number of nitrogens with zero attached hydrogens (tertiary/aromatic N) is 1. The summed E-state index contributed by atoms with van der Waals surface area (Å²) < 4.78 is 28.6. The van der Waals surface area contributed by atoms with Crippen molar-refractivity contribution in [1.29, 1.82) is 0 Å². The van der Waals surface area contributed by atoms with Gasteiger partial charge in [0.1, 0.15) is 6.26 Å². The number of carboxylic acid groups (broad SMARTS) is 1. The molecule has 0 radical (unpaired) electrons. The van der Waals surface area contributed by atoms with E-state index in [9.17, 15) is 13.2 Å². The van der Waals surface area contributed by atoms with Crippen molar-refractivity contribution in [3.8, 4) is 0 Å². The van der Waals surface area contributed by atoms with Gasteiger partial charge in [0, 0.05) is 7.05 Å². The lowest BCUT2D eigenvalue weighted by molar-refractivity contribution is -0.134. The van der Waals surface area contributed by atoms with Crippen LogP contribution in [0.3, 0.4) is 0 Å². The van der Waals surface area contributed by atoms with Gasteiger partial charge in [-0.15, -0.1) is 0 Å². The highest BCUT2D eigenvalue weighted by Gasteiger charge is 2.30. The van der Waals surface area contributed by atoms with Crippen LogP contribution in [0.25, 0.3) is 0 Å². The summed E-state index contributed by atoms with van der Waals surface area (Å²) in [7, 11) is -2.02. The number of likely N-dealkylation sites (N-methyl/N-ethyl adjacent to an activating group) is 1. The normalized spacial score (nSPS) is 21.7. The summed E-state index contributed by atoms with van der Waals surface area (Å²) >= 11 is 0. The Morgan fingerprint density at radius 2 is 2.29 bits per heavy atom. The lowest BCUT2D eigenvalue weighted by Crippen LogP contribution is -2.44. The summed E-state index contributed by atoms with van der Waals surface area (Å²) in [6, 6.07) is 0. The zero-order chi connectivity index (χ0) is 10.9. The van der Waals surface area contributed by atoms with Crippen molar-refractivity contribution in [1.82, 2.24) is 9.62 Å². The van der Waals surface area contributed by atoms with Crippen LogP contribution in [0.5, 0.6) is 0 Å². The fourth-order valence-electron chi connectivity index (χ4n) is 0.921. The van der Waals surface area contributed by atoms with Crippen LogP contribution in [0.2, 0.25) is 0 Å². The van der Waals surface area contributed by atoms with Crippen LogP contribution in [0.4, 0.5) is 0 Å². The van der Waals surface area contributed by atoms with E-state index in [-0.39, 0.29) is 5.70 Å². The van der Waals surface area contributed by atoms with Crippen LogP contribution in [-0.4, -0.2) is 44.0 Å². The second kappa shape index (κ2) is 3.46. The van der Waals surface area contributed by atoms with Gasteiger partial charge in [0.2, 0.25) is 16.4 Å². The van der Waals surface area contributed by atoms with Gasteiger partial charge in [0.05, 0.1) is 6.26 Å². The molecule has 0 saturated heterocycles. The van der Waals surface area contributed by atoms with E-state index >= 15 is 0 Å². The minimum absolute atomic E-state index is 0.105. The average Bonchev–Trinajstić information content (AvgIpc) is 2.29. The van der Waals surface area contributed by atoms with Gasteiger partial charge in [-0.05, 0) is 0 Å². The smallest absolute Gasteiger partial charge is 0.355 e. The SMILES string of the molecule is CN1C(C(=O)O)=COC1NS(C)(=O)=O. The molecule has 0 spiro atoms. The molecule has 1 unspecified atom stereocenters. The predicted molar refractivity (Wildman–Crippen MR) is 46.3 cm³/mol. The standard InChI is InChI=1S/C6H10N2O5S/c1-8-4(5(9)10)3-13-6(8)7-14(2,11)12/h3,6-7H,1-2H3,(H,9,10). The van der Waals surface area contributed by atoms with E-state index in [0.29, 0.717) is 0 Å². The molecule has 80 valence electrons. The van der Waals surface area contributed by atoms with Crippen LogP contribution in [0.1, 0.15) is 0 Å². The fraction of sp³-hybridized carbons (Fsp3) is 0.500. The average molecular weight is 222 g/mol. The third-order valence-electron chi connectivity index (χ3n) is 1.57. The highest BCUT2D eigenvalue weighted by molar-refractivity contribution is 7.88. The van der Waals surface area contributed by atoms with Crippen molar-refractivity contribution >= 4 is 16.0 Å². The molecule has 0 aromatic carbocycles. The first-order valence-electron chi connectivity index (χ1n) is 3.60. The molecule has 0 bridgehead atoms. The van der Waals surface area contributed by atoms with Gasteiger partial charge >= 0.3 is 5.97 Å². The molecule has 2 N–H and O–H groups in total. The molecular formula is C6H10N2O5S. The number of hydrogen-bond acceptors (Lipinski definition) is 5. The van der Waals surface area contributed by atoms with Crippen LogP contribution < -0.4 is 4.72 Å². The first kappa shape index (κ1) is 10.8. The van der Waals surface area contributed by atoms with Gasteiger partial charge in [-0.1, -0.05) is 0 Å². The quantitative estimate of drug-likeness (QED) is 0.616. The van der Waals surface area contributed by atoms with E-state index < -0.39 is 22.3 Å². The zero-order valence-corrected chi connectivity index (χ0v) is 8.41. The largest absolute Gasteiger partial charge is 0.476 e. The van der Waals surface area contributed by atoms with Gasteiger partial charge in [-0.3, -0.25) is 0 Å². The fourth-order valence-corrected chi connectivity index (χ4v) is 1.50. The maximum atomic E-state index is 10.8. The molecule has 0 saturated carbocycles. The van der Waals surface area contributed by atoms with E-state index in [4.69, 9.17) is 9.84 Å². The van der Waals surface area contributed by atoms with E-state index in [0.717, 1.165) is 12.5 Å². The Kier molecular flexibility index (Phi) is 2.67. The van der Waals surface area contributed by atoms with Crippen molar-refractivity contribution in [2.45, 2.75) is 6.35 Å². The van der Waals surface area contributed by atoms with Crippen molar-refractivity contribution in [2.24, 2.45) is 0 Å². The molecule has 1 heterocycles. The van der Waals surface area contributed by atoms with E-state index in [1.807, 2.05) is 0 Å². The number of ether oxygens (including phenoxy) is 1. The summed E-state index contributed by atoms with van der Waals surface area (Å²) in [5.41, 5.74) is -0.105. The Hall–Kier alpha value is -1.28. The van der Waals surface area contributed by atoms with Crippen LogP contribution in [-0.2, 0) is 19.6 Å². The van der Waals surface area contributed by atoms with Gasteiger partial charge in [-0.25, -0.2) is 13.2 Å². The summed E-state index contributed by atoms with van der Waals surface area (Å²) in [4.78, 5) is 11.7. The topological polar surface area (TPSA) is 95.9 Å². The molecule has 0 aliphatic carbocycles. The number of carbonyl (C=O) groups is 1. The maximum Gasteiger partial charge on any atom is 0.355 e.